The topological polar surface area (TPSA) is 84.1 Å². The van der Waals surface area contributed by atoms with E-state index in [9.17, 15) is 4.79 Å². The molecule has 2 aromatic heterocycles. The van der Waals surface area contributed by atoms with Crippen LogP contribution in [0.25, 0.3) is 6.08 Å². The minimum absolute atomic E-state index is 0. The number of pyridine rings is 2. The van der Waals surface area contributed by atoms with Crippen LogP contribution >= 0.6 is 0 Å². The summed E-state index contributed by atoms with van der Waals surface area (Å²) in [4.78, 5) is 24.0. The molecule has 3 heterocycles. The lowest BCUT2D eigenvalue weighted by Crippen LogP contribution is -2.46. The fourth-order valence-electron chi connectivity index (χ4n) is 3.59. The van der Waals surface area contributed by atoms with Crippen LogP contribution in [0.1, 0.15) is 37.5 Å². The van der Waals surface area contributed by atoms with Crippen LogP contribution in [0.3, 0.4) is 0 Å². The Morgan fingerprint density at radius 2 is 2.03 bits per heavy atom. The first kappa shape index (κ1) is 18.8. The summed E-state index contributed by atoms with van der Waals surface area (Å²) in [7, 11) is 0. The van der Waals surface area contributed by atoms with E-state index < -0.39 is 0 Å². The van der Waals surface area contributed by atoms with Crippen molar-refractivity contribution in [1.82, 2.24) is 15.3 Å². The molecule has 0 spiro atoms. The molecule has 0 bridgehead atoms. The van der Waals surface area contributed by atoms with Gasteiger partial charge >= 0.3 is 0 Å². The molecule has 1 aliphatic heterocycles. The Morgan fingerprint density at radius 3 is 2.79 bits per heavy atom. The molecule has 1 aliphatic rings. The molecule has 29 heavy (non-hydrogen) atoms. The Labute approximate surface area is 174 Å². The van der Waals surface area contributed by atoms with E-state index in [1.54, 1.807) is 24.4 Å². The number of nitrogens with two attached hydrogens (primary N) is 1. The minimum Gasteiger partial charge on any atom is -0.383 e. The second kappa shape index (κ2) is 8.24. The number of hydrogen-bond acceptors (Lipinski definition) is 6. The highest BCUT2D eigenvalue weighted by molar-refractivity contribution is 6.12. The van der Waals surface area contributed by atoms with Gasteiger partial charge in [0.1, 0.15) is 17.3 Å². The van der Waals surface area contributed by atoms with E-state index in [1.807, 2.05) is 30.3 Å². The average molecular weight is 392 g/mol. The average Bonchev–Trinajstić information content (AvgIpc) is 2.79. The number of nitrogen functional groups attached to an aromatic ring is 1. The van der Waals surface area contributed by atoms with E-state index in [-0.39, 0.29) is 21.9 Å². The zero-order valence-electron chi connectivity index (χ0n) is 16.1. The van der Waals surface area contributed by atoms with Crippen LogP contribution in [0.5, 0.6) is 0 Å². The molecule has 1 aromatic carbocycles. The summed E-state index contributed by atoms with van der Waals surface area (Å²) in [5.41, 5.74) is 8.51. The van der Waals surface area contributed by atoms with E-state index in [4.69, 9.17) is 10.7 Å². The quantitative estimate of drug-likeness (QED) is 0.643. The summed E-state index contributed by atoms with van der Waals surface area (Å²) in [6.45, 7) is 6.24. The lowest BCUT2D eigenvalue weighted by molar-refractivity contribution is 0.103. The Kier molecular flexibility index (Phi) is 5.35. The van der Waals surface area contributed by atoms with Crippen LogP contribution in [0.4, 0.5) is 11.6 Å². The van der Waals surface area contributed by atoms with Gasteiger partial charge in [-0.3, -0.25) is 4.79 Å². The zero-order chi connectivity index (χ0) is 20.2. The van der Waals surface area contributed by atoms with Gasteiger partial charge in [0.2, 0.25) is 5.78 Å². The van der Waals surface area contributed by atoms with Crippen molar-refractivity contribution in [3.8, 4) is 0 Å². The molecule has 6 nitrogen and oxygen atoms in total. The predicted molar refractivity (Wildman–Crippen MR) is 122 cm³/mol. The highest BCUT2D eigenvalue weighted by Gasteiger charge is 2.24. The summed E-state index contributed by atoms with van der Waals surface area (Å²) in [5.74, 6) is 0.719. The maximum Gasteiger partial charge on any atom is 0.215 e. The fourth-order valence-corrected chi connectivity index (χ4v) is 3.59. The Balaban J connectivity index is 0.00000171. The van der Waals surface area contributed by atoms with Gasteiger partial charge in [-0.15, -0.1) is 0 Å². The third kappa shape index (κ3) is 3.88. The van der Waals surface area contributed by atoms with Gasteiger partial charge in [0.25, 0.3) is 0 Å². The van der Waals surface area contributed by atoms with Gasteiger partial charge in [0, 0.05) is 41.7 Å². The molecule has 3 aromatic rings. The molecular formula is C23H29N5O. The molecule has 6 heteroatoms. The number of carbonyl (C=O) groups excluding carboxylic acids is 1. The molecule has 1 fully saturated rings. The number of benzene rings is 1. The van der Waals surface area contributed by atoms with Crippen LogP contribution in [-0.4, -0.2) is 35.4 Å². The molecule has 152 valence electrons. The third-order valence-corrected chi connectivity index (χ3v) is 5.13. The van der Waals surface area contributed by atoms with Crippen LogP contribution in [-0.2, 0) is 0 Å². The molecular weight excluding hydrogens is 362 g/mol. The SMILES string of the molecule is C=Cc1ccc(N2CCNC(c3ccccc3)C2)nc1C(=O)c1cccnc1N.[HH].[HH].[HH]. The lowest BCUT2D eigenvalue weighted by atomic mass is 10.0. The lowest BCUT2D eigenvalue weighted by Gasteiger charge is -2.35. The van der Waals surface area contributed by atoms with Gasteiger partial charge in [0.05, 0.1) is 5.56 Å². The van der Waals surface area contributed by atoms with Gasteiger partial charge < -0.3 is 16.0 Å². The van der Waals surface area contributed by atoms with Gasteiger partial charge in [-0.05, 0) is 29.8 Å². The highest BCUT2D eigenvalue weighted by Crippen LogP contribution is 2.24. The van der Waals surface area contributed by atoms with Crippen molar-refractivity contribution in [1.29, 1.82) is 0 Å². The first-order chi connectivity index (χ1) is 14.2. The number of anilines is 2. The molecule has 3 N–H and O–H groups in total. The standard InChI is InChI=1S/C23H23N5O.3H2/c1-2-16-10-11-20(27-21(16)22(29)18-9-6-12-26-23(18)24)28-14-13-25-19(15-28)17-7-4-3-5-8-17;;;/h2-12,19,25H,1,13-15H2,(H2,24,26);3*1H. The summed E-state index contributed by atoms with van der Waals surface area (Å²) < 4.78 is 0. The normalized spacial score (nSPS) is 16.4. The highest BCUT2D eigenvalue weighted by atomic mass is 16.1. The first-order valence-corrected chi connectivity index (χ1v) is 9.59. The summed E-state index contributed by atoms with van der Waals surface area (Å²) in [6.07, 6.45) is 3.20. The maximum absolute atomic E-state index is 13.1. The van der Waals surface area contributed by atoms with Crippen molar-refractivity contribution < 1.29 is 9.07 Å². The number of carbonyl (C=O) groups is 1. The number of hydrogen-bond donors (Lipinski definition) is 2. The van der Waals surface area contributed by atoms with Crippen LogP contribution < -0.4 is 16.0 Å². The van der Waals surface area contributed by atoms with Crippen LogP contribution in [0.15, 0.2) is 67.4 Å². The Hall–Kier alpha value is -3.51. The predicted octanol–water partition coefficient (Wildman–Crippen LogP) is 3.82. The van der Waals surface area contributed by atoms with Gasteiger partial charge in [-0.2, -0.15) is 0 Å². The van der Waals surface area contributed by atoms with Crippen molar-refractivity contribution >= 4 is 23.5 Å². The Morgan fingerprint density at radius 1 is 1.21 bits per heavy atom. The van der Waals surface area contributed by atoms with E-state index in [1.165, 1.54) is 5.56 Å². The minimum atomic E-state index is -0.248. The number of rotatable bonds is 5. The van der Waals surface area contributed by atoms with Crippen molar-refractivity contribution in [3.05, 3.63) is 89.8 Å². The molecule has 0 radical (unpaired) electrons. The molecule has 0 amide bonds. The van der Waals surface area contributed by atoms with E-state index >= 15 is 0 Å². The first-order valence-electron chi connectivity index (χ1n) is 9.59. The largest absolute Gasteiger partial charge is 0.383 e. The summed E-state index contributed by atoms with van der Waals surface area (Å²) >= 11 is 0. The van der Waals surface area contributed by atoms with Crippen LogP contribution in [0, 0.1) is 0 Å². The van der Waals surface area contributed by atoms with Crippen molar-refractivity contribution in [3.63, 3.8) is 0 Å². The summed E-state index contributed by atoms with van der Waals surface area (Å²) in [6, 6.07) is 17.7. The number of ketones is 1. The number of nitrogens with one attached hydrogen (secondary N) is 1. The number of aromatic nitrogens is 2. The number of nitrogens with zero attached hydrogens (tertiary/aromatic N) is 3. The maximum atomic E-state index is 13.1. The smallest absolute Gasteiger partial charge is 0.215 e. The van der Waals surface area contributed by atoms with E-state index in [0.717, 1.165) is 25.5 Å². The molecule has 1 saturated heterocycles. The molecule has 4 rings (SSSR count). The van der Waals surface area contributed by atoms with Gasteiger partial charge in [-0.25, -0.2) is 9.97 Å². The van der Waals surface area contributed by atoms with Crippen molar-refractivity contribution in [2.75, 3.05) is 30.3 Å². The van der Waals surface area contributed by atoms with E-state index in [2.05, 4.69) is 33.9 Å². The van der Waals surface area contributed by atoms with Gasteiger partial charge in [0.15, 0.2) is 0 Å². The molecule has 1 atom stereocenters. The molecule has 0 aliphatic carbocycles. The molecule has 0 saturated carbocycles. The van der Waals surface area contributed by atoms with Crippen molar-refractivity contribution in [2.45, 2.75) is 6.04 Å². The fraction of sp³-hybridized carbons (Fsp3) is 0.174. The Bertz CT molecular complexity index is 1050. The third-order valence-electron chi connectivity index (χ3n) is 5.13. The van der Waals surface area contributed by atoms with Crippen LogP contribution in [0.2, 0.25) is 0 Å². The number of piperazine rings is 1. The zero-order valence-corrected chi connectivity index (χ0v) is 16.1. The second-order valence-corrected chi connectivity index (χ2v) is 6.94. The monoisotopic (exact) mass is 391 g/mol. The second-order valence-electron chi connectivity index (χ2n) is 6.94. The summed E-state index contributed by atoms with van der Waals surface area (Å²) in [5, 5.41) is 3.55. The molecule has 1 unspecified atom stereocenters. The van der Waals surface area contributed by atoms with E-state index in [0.29, 0.717) is 16.8 Å². The van der Waals surface area contributed by atoms with Crippen molar-refractivity contribution in [2.24, 2.45) is 0 Å². The van der Waals surface area contributed by atoms with Gasteiger partial charge in [-0.1, -0.05) is 43.0 Å².